The Hall–Kier alpha value is -2.33. The van der Waals surface area contributed by atoms with Crippen LogP contribution in [-0.2, 0) is 11.2 Å². The molecular weight excluding hydrogens is 302 g/mol. The highest BCUT2D eigenvalue weighted by atomic mass is 16.5. The minimum atomic E-state index is -0.712. The number of rotatable bonds is 6. The zero-order chi connectivity index (χ0) is 16.9. The summed E-state index contributed by atoms with van der Waals surface area (Å²) in [4.78, 5) is 12.2. The Labute approximate surface area is 142 Å². The minimum Gasteiger partial charge on any atom is -0.497 e. The van der Waals surface area contributed by atoms with Crippen LogP contribution >= 0.6 is 0 Å². The average molecular weight is 325 g/mol. The third kappa shape index (κ3) is 3.77. The second-order valence-corrected chi connectivity index (χ2v) is 6.23. The first kappa shape index (κ1) is 16.5. The van der Waals surface area contributed by atoms with E-state index in [1.807, 2.05) is 24.3 Å². The third-order valence-corrected chi connectivity index (χ3v) is 4.68. The SMILES string of the molecule is COc1ccc(C(O)CNC(=O)CC2CCc3ccccc32)cc1. The largest absolute Gasteiger partial charge is 0.497 e. The van der Waals surface area contributed by atoms with Gasteiger partial charge in [-0.1, -0.05) is 36.4 Å². The lowest BCUT2D eigenvalue weighted by Gasteiger charge is -2.15. The van der Waals surface area contributed by atoms with Crippen molar-refractivity contribution in [3.05, 3.63) is 65.2 Å². The average Bonchev–Trinajstić information content (AvgIpc) is 3.03. The molecule has 3 rings (SSSR count). The summed E-state index contributed by atoms with van der Waals surface area (Å²) in [5.41, 5.74) is 3.42. The quantitative estimate of drug-likeness (QED) is 0.858. The summed E-state index contributed by atoms with van der Waals surface area (Å²) in [5.74, 6) is 1.03. The van der Waals surface area contributed by atoms with Crippen LogP contribution in [0.3, 0.4) is 0 Å². The van der Waals surface area contributed by atoms with Gasteiger partial charge in [0.05, 0.1) is 13.2 Å². The van der Waals surface area contributed by atoms with Gasteiger partial charge in [-0.3, -0.25) is 4.79 Å². The van der Waals surface area contributed by atoms with E-state index in [0.29, 0.717) is 12.3 Å². The van der Waals surface area contributed by atoms with Gasteiger partial charge in [0.15, 0.2) is 0 Å². The van der Waals surface area contributed by atoms with Gasteiger partial charge in [0.25, 0.3) is 0 Å². The molecular formula is C20H23NO3. The van der Waals surface area contributed by atoms with E-state index >= 15 is 0 Å². The minimum absolute atomic E-state index is 0.00994. The monoisotopic (exact) mass is 325 g/mol. The van der Waals surface area contributed by atoms with Gasteiger partial charge in [-0.05, 0) is 47.6 Å². The third-order valence-electron chi connectivity index (χ3n) is 4.68. The van der Waals surface area contributed by atoms with Gasteiger partial charge in [-0.25, -0.2) is 0 Å². The van der Waals surface area contributed by atoms with Gasteiger partial charge in [0, 0.05) is 13.0 Å². The van der Waals surface area contributed by atoms with E-state index in [1.54, 1.807) is 19.2 Å². The highest BCUT2D eigenvalue weighted by Gasteiger charge is 2.24. The Morgan fingerprint density at radius 3 is 2.75 bits per heavy atom. The van der Waals surface area contributed by atoms with Crippen LogP contribution in [-0.4, -0.2) is 24.7 Å². The molecule has 24 heavy (non-hydrogen) atoms. The number of aliphatic hydroxyl groups is 1. The van der Waals surface area contributed by atoms with Crippen LogP contribution in [0.5, 0.6) is 5.75 Å². The Morgan fingerprint density at radius 2 is 2.00 bits per heavy atom. The molecule has 2 aromatic rings. The highest BCUT2D eigenvalue weighted by molar-refractivity contribution is 5.77. The first-order valence-electron chi connectivity index (χ1n) is 8.34. The lowest BCUT2D eigenvalue weighted by atomic mass is 9.97. The molecule has 0 spiro atoms. The summed E-state index contributed by atoms with van der Waals surface area (Å²) in [6.07, 6.45) is 1.83. The number of ether oxygens (including phenoxy) is 1. The molecule has 0 saturated heterocycles. The van der Waals surface area contributed by atoms with Gasteiger partial charge in [0.2, 0.25) is 5.91 Å². The van der Waals surface area contributed by atoms with E-state index in [1.165, 1.54) is 11.1 Å². The predicted octanol–water partition coefficient (Wildman–Crippen LogP) is 2.96. The number of carbonyl (C=O) groups is 1. The van der Waals surface area contributed by atoms with E-state index in [-0.39, 0.29) is 12.5 Å². The number of fused-ring (bicyclic) bond motifs is 1. The predicted molar refractivity (Wildman–Crippen MR) is 93.1 cm³/mol. The maximum Gasteiger partial charge on any atom is 0.220 e. The highest BCUT2D eigenvalue weighted by Crippen LogP contribution is 2.35. The second kappa shape index (κ2) is 7.49. The molecule has 0 heterocycles. The van der Waals surface area contributed by atoms with E-state index in [4.69, 9.17) is 4.74 Å². The number of aryl methyl sites for hydroxylation is 1. The number of amides is 1. The maximum absolute atomic E-state index is 12.2. The Kier molecular flexibility index (Phi) is 5.16. The molecule has 0 saturated carbocycles. The number of benzene rings is 2. The van der Waals surface area contributed by atoms with E-state index in [9.17, 15) is 9.90 Å². The van der Waals surface area contributed by atoms with Crippen LogP contribution in [0.15, 0.2) is 48.5 Å². The van der Waals surface area contributed by atoms with Crippen LogP contribution in [0.4, 0.5) is 0 Å². The van der Waals surface area contributed by atoms with Crippen molar-refractivity contribution in [2.45, 2.75) is 31.3 Å². The molecule has 1 aliphatic carbocycles. The van der Waals surface area contributed by atoms with Gasteiger partial charge < -0.3 is 15.2 Å². The lowest BCUT2D eigenvalue weighted by molar-refractivity contribution is -0.121. The maximum atomic E-state index is 12.2. The van der Waals surface area contributed by atoms with Crippen molar-refractivity contribution in [1.29, 1.82) is 0 Å². The van der Waals surface area contributed by atoms with Crippen molar-refractivity contribution >= 4 is 5.91 Å². The van der Waals surface area contributed by atoms with E-state index in [2.05, 4.69) is 17.4 Å². The van der Waals surface area contributed by atoms with E-state index in [0.717, 1.165) is 24.2 Å². The smallest absolute Gasteiger partial charge is 0.220 e. The van der Waals surface area contributed by atoms with Crippen molar-refractivity contribution in [3.8, 4) is 5.75 Å². The Balaban J connectivity index is 1.50. The number of carbonyl (C=O) groups excluding carboxylic acids is 1. The zero-order valence-corrected chi connectivity index (χ0v) is 13.9. The van der Waals surface area contributed by atoms with Crippen molar-refractivity contribution in [1.82, 2.24) is 5.32 Å². The number of nitrogens with one attached hydrogen (secondary N) is 1. The molecule has 1 aliphatic rings. The number of hydrogen-bond acceptors (Lipinski definition) is 3. The topological polar surface area (TPSA) is 58.6 Å². The molecule has 126 valence electrons. The molecule has 2 unspecified atom stereocenters. The molecule has 0 aromatic heterocycles. The van der Waals surface area contributed by atoms with Crippen molar-refractivity contribution in [2.75, 3.05) is 13.7 Å². The molecule has 2 N–H and O–H groups in total. The number of hydrogen-bond donors (Lipinski definition) is 2. The Bertz CT molecular complexity index is 696. The molecule has 2 atom stereocenters. The fourth-order valence-corrected chi connectivity index (χ4v) is 3.31. The van der Waals surface area contributed by atoms with Crippen LogP contribution in [0.2, 0.25) is 0 Å². The van der Waals surface area contributed by atoms with Crippen molar-refractivity contribution < 1.29 is 14.6 Å². The standard InChI is InChI=1S/C20H23NO3/c1-24-17-10-8-15(9-11-17)19(22)13-21-20(23)12-16-7-6-14-4-2-3-5-18(14)16/h2-5,8-11,16,19,22H,6-7,12-13H2,1H3,(H,21,23). The zero-order valence-electron chi connectivity index (χ0n) is 13.9. The van der Waals surface area contributed by atoms with Gasteiger partial charge in [0.1, 0.15) is 5.75 Å². The first-order chi connectivity index (χ1) is 11.7. The summed E-state index contributed by atoms with van der Waals surface area (Å²) in [6, 6.07) is 15.6. The van der Waals surface area contributed by atoms with Gasteiger partial charge in [-0.15, -0.1) is 0 Å². The van der Waals surface area contributed by atoms with E-state index < -0.39 is 6.10 Å². The summed E-state index contributed by atoms with van der Waals surface area (Å²) in [7, 11) is 1.60. The van der Waals surface area contributed by atoms with Gasteiger partial charge in [-0.2, -0.15) is 0 Å². The van der Waals surface area contributed by atoms with Crippen LogP contribution in [0.25, 0.3) is 0 Å². The fourth-order valence-electron chi connectivity index (χ4n) is 3.31. The summed E-state index contributed by atoms with van der Waals surface area (Å²) >= 11 is 0. The normalized spacial score (nSPS) is 17.2. The molecule has 0 bridgehead atoms. The number of aliphatic hydroxyl groups excluding tert-OH is 1. The molecule has 4 nitrogen and oxygen atoms in total. The molecule has 4 heteroatoms. The summed E-state index contributed by atoms with van der Waals surface area (Å²) in [5, 5.41) is 13.0. The van der Waals surface area contributed by atoms with Crippen LogP contribution in [0, 0.1) is 0 Å². The number of methoxy groups -OCH3 is 1. The summed E-state index contributed by atoms with van der Waals surface area (Å²) in [6.45, 7) is 0.222. The molecule has 0 fully saturated rings. The van der Waals surface area contributed by atoms with Crippen LogP contribution in [0.1, 0.15) is 41.6 Å². The van der Waals surface area contributed by atoms with Crippen molar-refractivity contribution in [2.24, 2.45) is 0 Å². The fraction of sp³-hybridized carbons (Fsp3) is 0.350. The first-order valence-corrected chi connectivity index (χ1v) is 8.34. The molecule has 0 radical (unpaired) electrons. The molecule has 0 aliphatic heterocycles. The lowest BCUT2D eigenvalue weighted by Crippen LogP contribution is -2.29. The Morgan fingerprint density at radius 1 is 1.25 bits per heavy atom. The summed E-state index contributed by atoms with van der Waals surface area (Å²) < 4.78 is 5.10. The second-order valence-electron chi connectivity index (χ2n) is 6.23. The molecule has 2 aromatic carbocycles. The van der Waals surface area contributed by atoms with Gasteiger partial charge >= 0.3 is 0 Å². The molecule has 1 amide bonds. The van der Waals surface area contributed by atoms with Crippen LogP contribution < -0.4 is 10.1 Å². The van der Waals surface area contributed by atoms with Crippen molar-refractivity contribution in [3.63, 3.8) is 0 Å².